The molecule has 0 aliphatic carbocycles. The normalized spacial score (nSPS) is 11.6. The van der Waals surface area contributed by atoms with Crippen molar-refractivity contribution in [2.24, 2.45) is 5.73 Å². The molecular weight excluding hydrogens is 231 g/mol. The number of rotatable bonds is 4. The number of nitrogens with two attached hydrogens (primary N) is 1. The molecule has 0 atom stereocenters. The SMILES string of the molecule is Cc1cc(CCN)cc(C)c1OCC(F)(F)F. The van der Waals surface area contributed by atoms with E-state index in [1.54, 1.807) is 13.8 Å². The Morgan fingerprint density at radius 3 is 2.12 bits per heavy atom. The molecule has 0 amide bonds. The van der Waals surface area contributed by atoms with E-state index in [4.69, 9.17) is 10.5 Å². The van der Waals surface area contributed by atoms with Crippen LogP contribution in [0.5, 0.6) is 5.75 Å². The molecule has 0 saturated heterocycles. The molecule has 1 aromatic rings. The van der Waals surface area contributed by atoms with E-state index in [1.807, 2.05) is 12.1 Å². The second kappa shape index (κ2) is 5.40. The predicted molar refractivity (Wildman–Crippen MR) is 60.2 cm³/mol. The molecule has 0 fully saturated rings. The third kappa shape index (κ3) is 4.26. The molecular formula is C12H16F3NO. The molecule has 0 aromatic heterocycles. The standard InChI is InChI=1S/C12H16F3NO/c1-8-5-10(3-4-16)6-9(2)11(8)17-7-12(13,14)15/h5-6H,3-4,7,16H2,1-2H3. The van der Waals surface area contributed by atoms with Gasteiger partial charge in [-0.25, -0.2) is 0 Å². The Kier molecular flexibility index (Phi) is 4.40. The predicted octanol–water partition coefficient (Wildman–Crippen LogP) is 2.75. The Hall–Kier alpha value is -1.23. The lowest BCUT2D eigenvalue weighted by atomic mass is 10.0. The van der Waals surface area contributed by atoms with Crippen LogP contribution in [0.1, 0.15) is 16.7 Å². The van der Waals surface area contributed by atoms with Crippen LogP contribution in [0.15, 0.2) is 12.1 Å². The molecule has 0 unspecified atom stereocenters. The van der Waals surface area contributed by atoms with Crippen molar-refractivity contribution in [2.75, 3.05) is 13.2 Å². The van der Waals surface area contributed by atoms with Gasteiger partial charge in [0.05, 0.1) is 0 Å². The molecule has 0 saturated carbocycles. The summed E-state index contributed by atoms with van der Waals surface area (Å²) in [6, 6.07) is 3.62. The first-order valence-corrected chi connectivity index (χ1v) is 5.33. The summed E-state index contributed by atoms with van der Waals surface area (Å²) in [7, 11) is 0. The molecule has 1 rings (SSSR count). The summed E-state index contributed by atoms with van der Waals surface area (Å²) in [5.41, 5.74) is 7.86. The van der Waals surface area contributed by atoms with Gasteiger partial charge >= 0.3 is 6.18 Å². The largest absolute Gasteiger partial charge is 0.484 e. The van der Waals surface area contributed by atoms with Crippen molar-refractivity contribution < 1.29 is 17.9 Å². The van der Waals surface area contributed by atoms with Crippen molar-refractivity contribution in [1.29, 1.82) is 0 Å². The van der Waals surface area contributed by atoms with Gasteiger partial charge in [0.15, 0.2) is 6.61 Å². The summed E-state index contributed by atoms with van der Waals surface area (Å²) in [6.07, 6.45) is -3.60. The van der Waals surface area contributed by atoms with Gasteiger partial charge in [-0.05, 0) is 43.5 Å². The van der Waals surface area contributed by atoms with E-state index in [1.165, 1.54) is 0 Å². The minimum absolute atomic E-state index is 0.308. The lowest BCUT2D eigenvalue weighted by Crippen LogP contribution is -2.20. The molecule has 0 heterocycles. The summed E-state index contributed by atoms with van der Waals surface area (Å²) in [5.74, 6) is 0.308. The second-order valence-corrected chi connectivity index (χ2v) is 4.00. The Bertz CT molecular complexity index is 365. The van der Waals surface area contributed by atoms with Crippen LogP contribution in [0.4, 0.5) is 13.2 Å². The van der Waals surface area contributed by atoms with Gasteiger partial charge in [0.1, 0.15) is 5.75 Å². The zero-order chi connectivity index (χ0) is 13.1. The molecule has 2 N–H and O–H groups in total. The van der Waals surface area contributed by atoms with Gasteiger partial charge in [-0.3, -0.25) is 0 Å². The molecule has 0 aliphatic heterocycles. The Labute approximate surface area is 98.6 Å². The van der Waals surface area contributed by atoms with Crippen molar-refractivity contribution >= 4 is 0 Å². The van der Waals surface area contributed by atoms with Crippen LogP contribution in [0.2, 0.25) is 0 Å². The molecule has 0 bridgehead atoms. The third-order valence-electron chi connectivity index (χ3n) is 2.33. The zero-order valence-electron chi connectivity index (χ0n) is 9.90. The summed E-state index contributed by atoms with van der Waals surface area (Å²) < 4.78 is 41.0. The van der Waals surface area contributed by atoms with E-state index in [-0.39, 0.29) is 0 Å². The van der Waals surface area contributed by atoms with Crippen LogP contribution in [-0.2, 0) is 6.42 Å². The molecule has 0 radical (unpaired) electrons. The number of halogens is 3. The van der Waals surface area contributed by atoms with Crippen molar-refractivity contribution in [3.05, 3.63) is 28.8 Å². The van der Waals surface area contributed by atoms with Gasteiger partial charge in [0.2, 0.25) is 0 Å². The average molecular weight is 247 g/mol. The fourth-order valence-electron chi connectivity index (χ4n) is 1.73. The third-order valence-corrected chi connectivity index (χ3v) is 2.33. The molecule has 17 heavy (non-hydrogen) atoms. The van der Waals surface area contributed by atoms with E-state index >= 15 is 0 Å². The highest BCUT2D eigenvalue weighted by Gasteiger charge is 2.29. The quantitative estimate of drug-likeness (QED) is 0.887. The van der Waals surface area contributed by atoms with E-state index in [9.17, 15) is 13.2 Å². The smallest absolute Gasteiger partial charge is 0.422 e. The van der Waals surface area contributed by atoms with E-state index in [2.05, 4.69) is 0 Å². The molecule has 5 heteroatoms. The lowest BCUT2D eigenvalue weighted by Gasteiger charge is -2.15. The Balaban J connectivity index is 2.86. The first kappa shape index (κ1) is 13.8. The van der Waals surface area contributed by atoms with Gasteiger partial charge in [-0.1, -0.05) is 12.1 Å². The van der Waals surface area contributed by atoms with Gasteiger partial charge < -0.3 is 10.5 Å². The fraction of sp³-hybridized carbons (Fsp3) is 0.500. The zero-order valence-corrected chi connectivity index (χ0v) is 9.90. The molecule has 96 valence electrons. The Morgan fingerprint density at radius 1 is 1.18 bits per heavy atom. The van der Waals surface area contributed by atoms with Crippen molar-refractivity contribution in [2.45, 2.75) is 26.4 Å². The molecule has 0 spiro atoms. The topological polar surface area (TPSA) is 35.2 Å². The van der Waals surface area contributed by atoms with Crippen LogP contribution in [0, 0.1) is 13.8 Å². The second-order valence-electron chi connectivity index (χ2n) is 4.00. The van der Waals surface area contributed by atoms with E-state index < -0.39 is 12.8 Å². The number of hydrogen-bond acceptors (Lipinski definition) is 2. The van der Waals surface area contributed by atoms with Crippen LogP contribution in [-0.4, -0.2) is 19.3 Å². The number of hydrogen-bond donors (Lipinski definition) is 1. The number of alkyl halides is 3. The highest BCUT2D eigenvalue weighted by Crippen LogP contribution is 2.27. The van der Waals surface area contributed by atoms with Crippen molar-refractivity contribution in [1.82, 2.24) is 0 Å². The van der Waals surface area contributed by atoms with Gasteiger partial charge in [0, 0.05) is 0 Å². The van der Waals surface area contributed by atoms with Crippen LogP contribution in [0.3, 0.4) is 0 Å². The van der Waals surface area contributed by atoms with Gasteiger partial charge in [-0.15, -0.1) is 0 Å². The van der Waals surface area contributed by atoms with Gasteiger partial charge in [0.25, 0.3) is 0 Å². The van der Waals surface area contributed by atoms with Crippen LogP contribution >= 0.6 is 0 Å². The maximum absolute atomic E-state index is 12.1. The molecule has 0 aliphatic rings. The summed E-state index contributed by atoms with van der Waals surface area (Å²) in [6.45, 7) is 2.73. The fourth-order valence-corrected chi connectivity index (χ4v) is 1.73. The van der Waals surface area contributed by atoms with Crippen LogP contribution in [0.25, 0.3) is 0 Å². The van der Waals surface area contributed by atoms with E-state index in [0.29, 0.717) is 29.8 Å². The molecule has 2 nitrogen and oxygen atoms in total. The maximum atomic E-state index is 12.1. The minimum Gasteiger partial charge on any atom is -0.484 e. The van der Waals surface area contributed by atoms with Crippen LogP contribution < -0.4 is 10.5 Å². The highest BCUT2D eigenvalue weighted by molar-refractivity contribution is 5.43. The number of benzene rings is 1. The summed E-state index contributed by atoms with van der Waals surface area (Å²) in [5, 5.41) is 0. The average Bonchev–Trinajstić information content (AvgIpc) is 2.14. The number of aryl methyl sites for hydroxylation is 2. The van der Waals surface area contributed by atoms with Crippen molar-refractivity contribution in [3.63, 3.8) is 0 Å². The molecule has 1 aromatic carbocycles. The highest BCUT2D eigenvalue weighted by atomic mass is 19.4. The summed E-state index contributed by atoms with van der Waals surface area (Å²) in [4.78, 5) is 0. The number of ether oxygens (including phenoxy) is 1. The summed E-state index contributed by atoms with van der Waals surface area (Å²) >= 11 is 0. The Morgan fingerprint density at radius 2 is 1.71 bits per heavy atom. The first-order chi connectivity index (χ1) is 7.83. The van der Waals surface area contributed by atoms with Crippen molar-refractivity contribution in [3.8, 4) is 5.75 Å². The minimum atomic E-state index is -4.31. The monoisotopic (exact) mass is 247 g/mol. The first-order valence-electron chi connectivity index (χ1n) is 5.33. The van der Waals surface area contributed by atoms with Gasteiger partial charge in [-0.2, -0.15) is 13.2 Å². The van der Waals surface area contributed by atoms with E-state index in [0.717, 1.165) is 5.56 Å². The lowest BCUT2D eigenvalue weighted by molar-refractivity contribution is -0.153. The maximum Gasteiger partial charge on any atom is 0.422 e.